The van der Waals surface area contributed by atoms with Gasteiger partial charge in [0.15, 0.2) is 5.76 Å². The summed E-state index contributed by atoms with van der Waals surface area (Å²) in [5.74, 6) is -0.671. The zero-order valence-corrected chi connectivity index (χ0v) is 11.4. The smallest absolute Gasteiger partial charge is 0.359 e. The molecular weight excluding hydrogens is 298 g/mol. The van der Waals surface area contributed by atoms with Crippen LogP contribution in [-0.4, -0.2) is 16.2 Å². The number of aromatic nitrogens is 1. The zero-order chi connectivity index (χ0) is 13.1. The lowest BCUT2D eigenvalue weighted by molar-refractivity contribution is 0.0685. The summed E-state index contributed by atoms with van der Waals surface area (Å²) in [6.07, 6.45) is 2.12. The number of benzene rings is 1. The molecule has 94 valence electrons. The van der Waals surface area contributed by atoms with E-state index in [0.29, 0.717) is 10.2 Å². The second kappa shape index (κ2) is 5.35. The van der Waals surface area contributed by atoms with E-state index in [-0.39, 0.29) is 5.69 Å². The molecule has 0 aliphatic heterocycles. The second-order valence-corrected chi connectivity index (χ2v) is 4.72. The third-order valence-electron chi connectivity index (χ3n) is 2.59. The summed E-state index contributed by atoms with van der Waals surface area (Å²) in [6, 6.07) is 7.83. The molecule has 0 radical (unpaired) electrons. The highest BCUT2D eigenvalue weighted by Gasteiger charge is 2.20. The van der Waals surface area contributed by atoms with Crippen LogP contribution in [0.15, 0.2) is 33.3 Å². The van der Waals surface area contributed by atoms with Crippen molar-refractivity contribution >= 4 is 21.9 Å². The Bertz CT molecular complexity index is 560. The molecule has 0 spiro atoms. The van der Waals surface area contributed by atoms with Gasteiger partial charge in [-0.1, -0.05) is 42.8 Å². The molecule has 5 heteroatoms. The van der Waals surface area contributed by atoms with Gasteiger partial charge in [-0.3, -0.25) is 0 Å². The van der Waals surface area contributed by atoms with E-state index in [1.54, 1.807) is 0 Å². The number of carboxylic acid groups (broad SMARTS) is 1. The highest BCUT2D eigenvalue weighted by Crippen LogP contribution is 2.31. The van der Waals surface area contributed by atoms with Crippen molar-refractivity contribution in [3.63, 3.8) is 0 Å². The number of carboxylic acids is 1. The number of nitrogens with zero attached hydrogens (tertiary/aromatic N) is 1. The molecule has 0 saturated heterocycles. The highest BCUT2D eigenvalue weighted by molar-refractivity contribution is 9.10. The first-order chi connectivity index (χ1) is 8.63. The van der Waals surface area contributed by atoms with E-state index in [1.807, 2.05) is 24.3 Å². The standard InChI is InChI=1S/C13H12BrNO3/c1-2-3-8-4-6-9(7-5-8)12-10(14)11(13(16)17)15-18-12/h4-7H,2-3H2,1H3,(H,16,17). The largest absolute Gasteiger partial charge is 0.476 e. The minimum Gasteiger partial charge on any atom is -0.476 e. The van der Waals surface area contributed by atoms with Crippen LogP contribution in [0, 0.1) is 0 Å². The third-order valence-corrected chi connectivity index (χ3v) is 3.33. The summed E-state index contributed by atoms with van der Waals surface area (Å²) >= 11 is 3.20. The molecule has 0 bridgehead atoms. The summed E-state index contributed by atoms with van der Waals surface area (Å²) in [5, 5.41) is 12.4. The van der Waals surface area contributed by atoms with Crippen LogP contribution in [0.4, 0.5) is 0 Å². The maximum Gasteiger partial charge on any atom is 0.359 e. The summed E-state index contributed by atoms with van der Waals surface area (Å²) in [6.45, 7) is 2.13. The van der Waals surface area contributed by atoms with Crippen LogP contribution in [0.25, 0.3) is 11.3 Å². The van der Waals surface area contributed by atoms with Crippen molar-refractivity contribution in [2.45, 2.75) is 19.8 Å². The first-order valence-electron chi connectivity index (χ1n) is 5.61. The van der Waals surface area contributed by atoms with Crippen LogP contribution >= 0.6 is 15.9 Å². The monoisotopic (exact) mass is 309 g/mol. The van der Waals surface area contributed by atoms with Crippen molar-refractivity contribution in [3.05, 3.63) is 40.0 Å². The molecule has 0 aliphatic rings. The molecule has 2 aromatic rings. The van der Waals surface area contributed by atoms with Gasteiger partial charge in [0.05, 0.1) is 0 Å². The maximum atomic E-state index is 10.9. The summed E-state index contributed by atoms with van der Waals surface area (Å²) < 4.78 is 5.44. The Morgan fingerprint density at radius 2 is 2.06 bits per heavy atom. The molecule has 0 fully saturated rings. The Hall–Kier alpha value is -1.62. The summed E-state index contributed by atoms with van der Waals surface area (Å²) in [4.78, 5) is 10.9. The Morgan fingerprint density at radius 3 is 2.56 bits per heavy atom. The van der Waals surface area contributed by atoms with Gasteiger partial charge in [-0.25, -0.2) is 4.79 Å². The van der Waals surface area contributed by atoms with Crippen molar-refractivity contribution in [1.29, 1.82) is 0 Å². The molecule has 0 saturated carbocycles. The van der Waals surface area contributed by atoms with Crippen LogP contribution in [0.5, 0.6) is 0 Å². The third kappa shape index (κ3) is 2.46. The quantitative estimate of drug-likeness (QED) is 0.934. The molecular formula is C13H12BrNO3. The highest BCUT2D eigenvalue weighted by atomic mass is 79.9. The normalized spacial score (nSPS) is 10.6. The molecule has 0 atom stereocenters. The molecule has 1 N–H and O–H groups in total. The molecule has 4 nitrogen and oxygen atoms in total. The van der Waals surface area contributed by atoms with E-state index in [0.717, 1.165) is 18.4 Å². The molecule has 2 rings (SSSR count). The fraction of sp³-hybridized carbons (Fsp3) is 0.231. The van der Waals surface area contributed by atoms with E-state index < -0.39 is 5.97 Å². The van der Waals surface area contributed by atoms with E-state index in [2.05, 4.69) is 28.0 Å². The van der Waals surface area contributed by atoms with Gasteiger partial charge in [0.2, 0.25) is 5.69 Å². The summed E-state index contributed by atoms with van der Waals surface area (Å²) in [7, 11) is 0. The van der Waals surface area contributed by atoms with Crippen molar-refractivity contribution in [2.24, 2.45) is 0 Å². The molecule has 1 aromatic carbocycles. The van der Waals surface area contributed by atoms with Gasteiger partial charge < -0.3 is 9.63 Å². The van der Waals surface area contributed by atoms with Crippen molar-refractivity contribution in [3.8, 4) is 11.3 Å². The lowest BCUT2D eigenvalue weighted by atomic mass is 10.1. The minimum atomic E-state index is -1.11. The van der Waals surface area contributed by atoms with Crippen LogP contribution in [0.2, 0.25) is 0 Å². The number of aromatic carboxylic acids is 1. The van der Waals surface area contributed by atoms with E-state index in [1.165, 1.54) is 5.56 Å². The Morgan fingerprint density at radius 1 is 1.39 bits per heavy atom. The number of rotatable bonds is 4. The number of hydrogen-bond donors (Lipinski definition) is 1. The number of halogens is 1. The van der Waals surface area contributed by atoms with E-state index >= 15 is 0 Å². The average Bonchev–Trinajstić information content (AvgIpc) is 2.73. The predicted octanol–water partition coefficient (Wildman–Crippen LogP) is 3.75. The fourth-order valence-corrected chi connectivity index (χ4v) is 2.25. The number of aryl methyl sites for hydroxylation is 1. The first kappa shape index (κ1) is 12.8. The zero-order valence-electron chi connectivity index (χ0n) is 9.81. The second-order valence-electron chi connectivity index (χ2n) is 3.93. The van der Waals surface area contributed by atoms with Gasteiger partial charge in [0.25, 0.3) is 0 Å². The average molecular weight is 310 g/mol. The van der Waals surface area contributed by atoms with Gasteiger partial charge in [0.1, 0.15) is 4.47 Å². The van der Waals surface area contributed by atoms with Crippen LogP contribution in [0.3, 0.4) is 0 Å². The van der Waals surface area contributed by atoms with Gasteiger partial charge in [0, 0.05) is 5.56 Å². The maximum absolute atomic E-state index is 10.9. The lowest BCUT2D eigenvalue weighted by Gasteiger charge is -2.00. The number of carbonyl (C=O) groups is 1. The van der Waals surface area contributed by atoms with Gasteiger partial charge in [-0.15, -0.1) is 0 Å². The van der Waals surface area contributed by atoms with Crippen molar-refractivity contribution in [1.82, 2.24) is 5.16 Å². The van der Waals surface area contributed by atoms with Crippen LogP contribution in [0.1, 0.15) is 29.4 Å². The topological polar surface area (TPSA) is 63.3 Å². The SMILES string of the molecule is CCCc1ccc(-c2onc(C(=O)O)c2Br)cc1. The number of hydrogen-bond acceptors (Lipinski definition) is 3. The van der Waals surface area contributed by atoms with Gasteiger partial charge in [-0.05, 0) is 27.9 Å². The van der Waals surface area contributed by atoms with Gasteiger partial charge >= 0.3 is 5.97 Å². The van der Waals surface area contributed by atoms with E-state index in [4.69, 9.17) is 9.63 Å². The van der Waals surface area contributed by atoms with E-state index in [9.17, 15) is 4.79 Å². The predicted molar refractivity (Wildman–Crippen MR) is 70.6 cm³/mol. The molecule has 1 aromatic heterocycles. The minimum absolute atomic E-state index is 0.109. The molecule has 1 heterocycles. The molecule has 0 amide bonds. The van der Waals surface area contributed by atoms with Gasteiger partial charge in [-0.2, -0.15) is 0 Å². The van der Waals surface area contributed by atoms with Crippen molar-refractivity contribution < 1.29 is 14.4 Å². The Balaban J connectivity index is 2.34. The fourth-order valence-electron chi connectivity index (χ4n) is 1.70. The van der Waals surface area contributed by atoms with Crippen LogP contribution < -0.4 is 0 Å². The van der Waals surface area contributed by atoms with Crippen LogP contribution in [-0.2, 0) is 6.42 Å². The van der Waals surface area contributed by atoms with Crippen molar-refractivity contribution in [2.75, 3.05) is 0 Å². The molecule has 18 heavy (non-hydrogen) atoms. The first-order valence-corrected chi connectivity index (χ1v) is 6.40. The lowest BCUT2D eigenvalue weighted by Crippen LogP contribution is -1.96. The Labute approximate surface area is 113 Å². The molecule has 0 unspecified atom stereocenters. The molecule has 0 aliphatic carbocycles. The summed E-state index contributed by atoms with van der Waals surface area (Å²) in [5.41, 5.74) is 1.94. The Kier molecular flexibility index (Phi) is 3.81.